The third-order valence-electron chi connectivity index (χ3n) is 2.70. The lowest BCUT2D eigenvalue weighted by Crippen LogP contribution is -2.25. The molecule has 0 saturated heterocycles. The fraction of sp³-hybridized carbons (Fsp3) is 0.231. The van der Waals surface area contributed by atoms with Crippen molar-refractivity contribution in [3.63, 3.8) is 0 Å². The maximum atomic E-state index is 11.6. The van der Waals surface area contributed by atoms with Crippen molar-refractivity contribution in [2.45, 2.75) is 12.5 Å². The Balaban J connectivity index is 2.26. The molecule has 1 heterocycles. The average Bonchev–Trinajstić information content (AvgIpc) is 2.41. The molecule has 0 aliphatic rings. The van der Waals surface area contributed by atoms with Crippen molar-refractivity contribution in [1.29, 1.82) is 0 Å². The average molecular weight is 328 g/mol. The van der Waals surface area contributed by atoms with Crippen LogP contribution in [0.1, 0.15) is 11.5 Å². The van der Waals surface area contributed by atoms with Crippen LogP contribution < -0.4 is 5.69 Å². The molecular weight excluding hydrogens is 316 g/mol. The molecule has 2 aromatic rings. The Morgan fingerprint density at radius 2 is 2.06 bits per heavy atom. The minimum absolute atomic E-state index is 0.212. The van der Waals surface area contributed by atoms with E-state index in [1.54, 1.807) is 10.8 Å². The molecule has 0 saturated carbocycles. The van der Waals surface area contributed by atoms with Gasteiger partial charge in [-0.25, -0.2) is 9.78 Å². The third-order valence-corrected chi connectivity index (χ3v) is 3.67. The zero-order valence-corrected chi connectivity index (χ0v) is 11.9. The van der Waals surface area contributed by atoms with Gasteiger partial charge in [0.25, 0.3) is 0 Å². The van der Waals surface area contributed by atoms with Crippen LogP contribution in [0.4, 0.5) is 0 Å². The molecule has 1 aromatic carbocycles. The van der Waals surface area contributed by atoms with E-state index in [4.69, 9.17) is 11.6 Å². The first kappa shape index (κ1) is 13.3. The summed E-state index contributed by atoms with van der Waals surface area (Å²) < 4.78 is 1.54. The van der Waals surface area contributed by atoms with E-state index in [9.17, 15) is 4.79 Å². The first-order chi connectivity index (χ1) is 8.70. The second-order valence-electron chi connectivity index (χ2n) is 3.97. The molecule has 0 bridgehead atoms. The van der Waals surface area contributed by atoms with Crippen LogP contribution in [-0.2, 0) is 6.54 Å². The number of halogens is 2. The molecule has 2 rings (SSSR count). The van der Waals surface area contributed by atoms with Crippen molar-refractivity contribution in [2.24, 2.45) is 0 Å². The predicted octanol–water partition coefficient (Wildman–Crippen LogP) is 3.08. The topological polar surface area (TPSA) is 34.9 Å². The number of benzene rings is 1. The monoisotopic (exact) mass is 326 g/mol. The van der Waals surface area contributed by atoms with Crippen molar-refractivity contribution in [3.05, 3.63) is 63.8 Å². The van der Waals surface area contributed by atoms with Gasteiger partial charge in [0.1, 0.15) is 0 Å². The van der Waals surface area contributed by atoms with Crippen LogP contribution in [0.25, 0.3) is 0 Å². The van der Waals surface area contributed by atoms with E-state index in [0.717, 1.165) is 5.33 Å². The summed E-state index contributed by atoms with van der Waals surface area (Å²) in [5.74, 6) is 0.212. The van der Waals surface area contributed by atoms with Crippen molar-refractivity contribution < 1.29 is 0 Å². The summed E-state index contributed by atoms with van der Waals surface area (Å²) in [5, 5.41) is 1.24. The summed E-state index contributed by atoms with van der Waals surface area (Å²) >= 11 is 9.34. The Hall–Kier alpha value is -1.13. The van der Waals surface area contributed by atoms with E-state index in [1.165, 1.54) is 11.8 Å². The number of nitrogens with zero attached hydrogens (tertiary/aromatic N) is 2. The number of hydrogen-bond donors (Lipinski definition) is 0. The van der Waals surface area contributed by atoms with E-state index in [-0.39, 0.29) is 11.6 Å². The molecule has 1 unspecified atom stereocenters. The third kappa shape index (κ3) is 3.21. The Labute approximate surface area is 119 Å². The summed E-state index contributed by atoms with van der Waals surface area (Å²) in [4.78, 5) is 15.4. The van der Waals surface area contributed by atoms with Crippen molar-refractivity contribution in [3.8, 4) is 0 Å². The minimum atomic E-state index is -0.277. The zero-order valence-electron chi connectivity index (χ0n) is 9.59. The minimum Gasteiger partial charge on any atom is -0.297 e. The summed E-state index contributed by atoms with van der Waals surface area (Å²) in [6.45, 7) is 0.557. The quantitative estimate of drug-likeness (QED) is 0.809. The standard InChI is InChI=1S/C13H12BrClN2O/c14-6-11(10-4-2-1-3-5-10)8-17-9-12(15)7-16-13(17)18/h1-5,7,9,11H,6,8H2. The molecule has 0 aliphatic carbocycles. The molecule has 0 aliphatic heterocycles. The van der Waals surface area contributed by atoms with Gasteiger partial charge < -0.3 is 0 Å². The maximum absolute atomic E-state index is 11.6. The molecule has 0 radical (unpaired) electrons. The highest BCUT2D eigenvalue weighted by Crippen LogP contribution is 2.19. The smallest absolute Gasteiger partial charge is 0.297 e. The predicted molar refractivity (Wildman–Crippen MR) is 76.5 cm³/mol. The van der Waals surface area contributed by atoms with Crippen molar-refractivity contribution >= 4 is 27.5 Å². The van der Waals surface area contributed by atoms with Crippen LogP contribution in [0.15, 0.2) is 47.5 Å². The molecule has 0 N–H and O–H groups in total. The Morgan fingerprint density at radius 1 is 1.33 bits per heavy atom. The summed E-state index contributed by atoms with van der Waals surface area (Å²) in [5.41, 5.74) is 0.905. The Kier molecular flexibility index (Phi) is 4.55. The molecule has 0 fully saturated rings. The molecule has 5 heteroatoms. The van der Waals surface area contributed by atoms with Crippen LogP contribution in [0.3, 0.4) is 0 Å². The van der Waals surface area contributed by atoms with E-state index in [1.807, 2.05) is 18.2 Å². The normalized spacial score (nSPS) is 12.3. The van der Waals surface area contributed by atoms with Gasteiger partial charge in [0, 0.05) is 24.0 Å². The Bertz CT molecular complexity index is 571. The van der Waals surface area contributed by atoms with Gasteiger partial charge in [0.15, 0.2) is 0 Å². The molecular formula is C13H12BrClN2O. The lowest BCUT2D eigenvalue weighted by atomic mass is 10.0. The molecule has 0 amide bonds. The van der Waals surface area contributed by atoms with Crippen LogP contribution in [0.5, 0.6) is 0 Å². The highest BCUT2D eigenvalue weighted by atomic mass is 79.9. The lowest BCUT2D eigenvalue weighted by Gasteiger charge is -2.15. The largest absolute Gasteiger partial charge is 0.347 e. The van der Waals surface area contributed by atoms with Gasteiger partial charge >= 0.3 is 5.69 Å². The van der Waals surface area contributed by atoms with Gasteiger partial charge in [0.05, 0.1) is 11.2 Å². The SMILES string of the molecule is O=c1ncc(Cl)cn1CC(CBr)c1ccccc1. The number of alkyl halides is 1. The fourth-order valence-corrected chi connectivity index (χ4v) is 2.51. The van der Waals surface area contributed by atoms with E-state index < -0.39 is 0 Å². The van der Waals surface area contributed by atoms with Gasteiger partial charge in [-0.15, -0.1) is 0 Å². The van der Waals surface area contributed by atoms with E-state index >= 15 is 0 Å². The lowest BCUT2D eigenvalue weighted by molar-refractivity contribution is 0.576. The zero-order chi connectivity index (χ0) is 13.0. The van der Waals surface area contributed by atoms with Gasteiger partial charge in [0.2, 0.25) is 0 Å². The number of hydrogen-bond acceptors (Lipinski definition) is 2. The fourth-order valence-electron chi connectivity index (χ4n) is 1.77. The molecule has 1 aromatic heterocycles. The molecule has 1 atom stereocenters. The van der Waals surface area contributed by atoms with Crippen LogP contribution >= 0.6 is 27.5 Å². The summed E-state index contributed by atoms with van der Waals surface area (Å²) in [6, 6.07) is 10.1. The summed E-state index contributed by atoms with van der Waals surface area (Å²) in [7, 11) is 0. The van der Waals surface area contributed by atoms with Crippen LogP contribution in [0, 0.1) is 0 Å². The van der Waals surface area contributed by atoms with E-state index in [0.29, 0.717) is 11.6 Å². The van der Waals surface area contributed by atoms with Crippen molar-refractivity contribution in [2.75, 3.05) is 5.33 Å². The maximum Gasteiger partial charge on any atom is 0.347 e. The van der Waals surface area contributed by atoms with Gasteiger partial charge in [-0.2, -0.15) is 0 Å². The Morgan fingerprint density at radius 3 is 2.72 bits per heavy atom. The number of aromatic nitrogens is 2. The first-order valence-electron chi connectivity index (χ1n) is 5.53. The second kappa shape index (κ2) is 6.16. The van der Waals surface area contributed by atoms with Crippen LogP contribution in [-0.4, -0.2) is 14.9 Å². The highest BCUT2D eigenvalue weighted by Gasteiger charge is 2.11. The first-order valence-corrected chi connectivity index (χ1v) is 7.03. The van der Waals surface area contributed by atoms with Gasteiger partial charge in [-0.3, -0.25) is 4.57 Å². The highest BCUT2D eigenvalue weighted by molar-refractivity contribution is 9.09. The molecule has 18 heavy (non-hydrogen) atoms. The number of rotatable bonds is 4. The van der Waals surface area contributed by atoms with Gasteiger partial charge in [-0.05, 0) is 5.56 Å². The molecule has 94 valence electrons. The van der Waals surface area contributed by atoms with Gasteiger partial charge in [-0.1, -0.05) is 57.9 Å². The molecule has 3 nitrogen and oxygen atoms in total. The van der Waals surface area contributed by atoms with Crippen LogP contribution in [0.2, 0.25) is 5.02 Å². The summed E-state index contributed by atoms with van der Waals surface area (Å²) in [6.07, 6.45) is 2.99. The van der Waals surface area contributed by atoms with E-state index in [2.05, 4.69) is 33.0 Å². The molecule has 0 spiro atoms. The van der Waals surface area contributed by atoms with Crippen molar-refractivity contribution in [1.82, 2.24) is 9.55 Å². The second-order valence-corrected chi connectivity index (χ2v) is 5.05.